The van der Waals surface area contributed by atoms with Gasteiger partial charge in [0.05, 0.1) is 0 Å². The number of rotatable bonds is 9. The van der Waals surface area contributed by atoms with Crippen LogP contribution in [-0.2, 0) is 13.6 Å². The molecule has 0 radical (unpaired) electrons. The number of hydrogen-bond acceptors (Lipinski definition) is 3. The standard InChI is InChI=1S/C10H24NO3P/c1-5-7-8-10(6-2)9-11-15(12,13-3)14-4/h10H,5-9H2,1-4H3,(H,11,12)/t10-/m0/s1. The maximum absolute atomic E-state index is 11.7. The van der Waals surface area contributed by atoms with Gasteiger partial charge in [-0.25, -0.2) is 9.65 Å². The Hall–Kier alpha value is 0.110. The molecule has 0 aromatic heterocycles. The van der Waals surface area contributed by atoms with E-state index in [1.807, 2.05) is 0 Å². The highest BCUT2D eigenvalue weighted by molar-refractivity contribution is 7.51. The molecule has 0 heterocycles. The zero-order valence-electron chi connectivity index (χ0n) is 10.3. The Labute approximate surface area is 93.3 Å². The molecule has 0 aliphatic heterocycles. The summed E-state index contributed by atoms with van der Waals surface area (Å²) in [5.74, 6) is 0.545. The van der Waals surface area contributed by atoms with Gasteiger partial charge in [-0.1, -0.05) is 33.1 Å². The van der Waals surface area contributed by atoms with Gasteiger partial charge in [0.1, 0.15) is 0 Å². The molecular formula is C10H24NO3P. The van der Waals surface area contributed by atoms with Crippen molar-refractivity contribution in [3.05, 3.63) is 0 Å². The van der Waals surface area contributed by atoms with Gasteiger partial charge in [-0.3, -0.25) is 0 Å². The Morgan fingerprint density at radius 3 is 2.27 bits per heavy atom. The summed E-state index contributed by atoms with van der Waals surface area (Å²) in [5.41, 5.74) is 0. The van der Waals surface area contributed by atoms with Crippen LogP contribution < -0.4 is 5.09 Å². The molecule has 1 N–H and O–H groups in total. The van der Waals surface area contributed by atoms with Crippen molar-refractivity contribution in [1.29, 1.82) is 0 Å². The van der Waals surface area contributed by atoms with Crippen molar-refractivity contribution in [3.63, 3.8) is 0 Å². The monoisotopic (exact) mass is 237 g/mol. The van der Waals surface area contributed by atoms with Crippen LogP contribution in [0.3, 0.4) is 0 Å². The summed E-state index contributed by atoms with van der Waals surface area (Å²) in [6.07, 6.45) is 4.65. The van der Waals surface area contributed by atoms with Gasteiger partial charge in [-0.15, -0.1) is 0 Å². The molecule has 0 saturated heterocycles. The molecule has 0 bridgehead atoms. The second kappa shape index (κ2) is 8.28. The van der Waals surface area contributed by atoms with Gasteiger partial charge < -0.3 is 9.05 Å². The summed E-state index contributed by atoms with van der Waals surface area (Å²) in [4.78, 5) is 0. The Bertz CT molecular complexity index is 191. The second-order valence-corrected chi connectivity index (χ2v) is 5.68. The van der Waals surface area contributed by atoms with Crippen LogP contribution in [0.1, 0.15) is 39.5 Å². The van der Waals surface area contributed by atoms with Gasteiger partial charge in [0.15, 0.2) is 0 Å². The minimum atomic E-state index is -3.03. The van der Waals surface area contributed by atoms with Gasteiger partial charge in [-0.05, 0) is 12.3 Å². The molecule has 1 atom stereocenters. The van der Waals surface area contributed by atoms with Gasteiger partial charge in [0.2, 0.25) is 0 Å². The molecule has 0 fully saturated rings. The molecule has 0 aliphatic carbocycles. The van der Waals surface area contributed by atoms with Gasteiger partial charge in [0.25, 0.3) is 0 Å². The molecule has 92 valence electrons. The summed E-state index contributed by atoms with van der Waals surface area (Å²) < 4.78 is 21.3. The minimum absolute atomic E-state index is 0.545. The predicted molar refractivity (Wildman–Crippen MR) is 62.9 cm³/mol. The molecular weight excluding hydrogens is 213 g/mol. The smallest absolute Gasteiger partial charge is 0.300 e. The van der Waals surface area contributed by atoms with E-state index in [1.54, 1.807) is 0 Å². The summed E-state index contributed by atoms with van der Waals surface area (Å²) in [5, 5.41) is 2.87. The van der Waals surface area contributed by atoms with Crippen LogP contribution in [0.25, 0.3) is 0 Å². The SMILES string of the molecule is CCCC[C@H](CC)CNP(=O)(OC)OC. The second-order valence-electron chi connectivity index (χ2n) is 3.64. The quantitative estimate of drug-likeness (QED) is 0.625. The lowest BCUT2D eigenvalue weighted by molar-refractivity contribution is 0.259. The van der Waals surface area contributed by atoms with Crippen molar-refractivity contribution in [2.24, 2.45) is 5.92 Å². The predicted octanol–water partition coefficient (Wildman–Crippen LogP) is 3.19. The first kappa shape index (κ1) is 15.1. The molecule has 0 saturated carbocycles. The number of unbranched alkanes of at least 4 members (excludes halogenated alkanes) is 1. The molecule has 0 aromatic carbocycles. The lowest BCUT2D eigenvalue weighted by Gasteiger charge is -2.19. The zero-order chi connectivity index (χ0) is 11.7. The van der Waals surface area contributed by atoms with E-state index in [0.29, 0.717) is 12.5 Å². The van der Waals surface area contributed by atoms with E-state index in [4.69, 9.17) is 9.05 Å². The van der Waals surface area contributed by atoms with E-state index >= 15 is 0 Å². The van der Waals surface area contributed by atoms with Gasteiger partial charge in [-0.2, -0.15) is 0 Å². The number of hydrogen-bond donors (Lipinski definition) is 1. The third-order valence-electron chi connectivity index (χ3n) is 2.60. The van der Waals surface area contributed by atoms with Crippen LogP contribution in [-0.4, -0.2) is 20.8 Å². The Morgan fingerprint density at radius 1 is 1.27 bits per heavy atom. The fourth-order valence-electron chi connectivity index (χ4n) is 1.39. The fourth-order valence-corrected chi connectivity index (χ4v) is 2.28. The van der Waals surface area contributed by atoms with Crippen LogP contribution in [0.5, 0.6) is 0 Å². The van der Waals surface area contributed by atoms with Gasteiger partial charge >= 0.3 is 7.75 Å². The average Bonchev–Trinajstić information content (AvgIpc) is 2.29. The van der Waals surface area contributed by atoms with E-state index < -0.39 is 7.75 Å². The van der Waals surface area contributed by atoms with Gasteiger partial charge in [0, 0.05) is 20.8 Å². The van der Waals surface area contributed by atoms with Crippen LogP contribution in [0.4, 0.5) is 0 Å². The van der Waals surface area contributed by atoms with Crippen molar-refractivity contribution in [3.8, 4) is 0 Å². The first-order valence-corrected chi connectivity index (χ1v) is 7.12. The van der Waals surface area contributed by atoms with E-state index in [2.05, 4.69) is 18.9 Å². The van der Waals surface area contributed by atoms with Crippen molar-refractivity contribution in [2.45, 2.75) is 39.5 Å². The third-order valence-corrected chi connectivity index (χ3v) is 4.13. The lowest BCUT2D eigenvalue weighted by atomic mass is 10.00. The van der Waals surface area contributed by atoms with Crippen LogP contribution in [0.15, 0.2) is 0 Å². The summed E-state index contributed by atoms with van der Waals surface area (Å²) in [6, 6.07) is 0. The van der Waals surface area contributed by atoms with Crippen LogP contribution >= 0.6 is 7.75 Å². The van der Waals surface area contributed by atoms with E-state index in [0.717, 1.165) is 12.8 Å². The van der Waals surface area contributed by atoms with Crippen molar-refractivity contribution in [2.75, 3.05) is 20.8 Å². The number of nitrogens with one attached hydrogen (secondary N) is 1. The van der Waals surface area contributed by atoms with E-state index in [9.17, 15) is 4.57 Å². The summed E-state index contributed by atoms with van der Waals surface area (Å²) in [7, 11) is -0.244. The highest BCUT2D eigenvalue weighted by Crippen LogP contribution is 2.41. The first-order valence-electron chi connectivity index (χ1n) is 5.58. The zero-order valence-corrected chi connectivity index (χ0v) is 11.2. The third kappa shape index (κ3) is 6.31. The molecule has 0 unspecified atom stereocenters. The molecule has 5 heteroatoms. The maximum atomic E-state index is 11.7. The Morgan fingerprint density at radius 2 is 1.87 bits per heavy atom. The highest BCUT2D eigenvalue weighted by Gasteiger charge is 2.21. The molecule has 4 nitrogen and oxygen atoms in total. The topological polar surface area (TPSA) is 47.6 Å². The van der Waals surface area contributed by atoms with E-state index in [-0.39, 0.29) is 0 Å². The van der Waals surface area contributed by atoms with Crippen molar-refractivity contribution < 1.29 is 13.6 Å². The lowest BCUT2D eigenvalue weighted by Crippen LogP contribution is -2.21. The highest BCUT2D eigenvalue weighted by atomic mass is 31.2. The maximum Gasteiger partial charge on any atom is 0.404 e. The first-order chi connectivity index (χ1) is 7.11. The molecule has 15 heavy (non-hydrogen) atoms. The van der Waals surface area contributed by atoms with E-state index in [1.165, 1.54) is 27.1 Å². The largest absolute Gasteiger partial charge is 0.404 e. The fraction of sp³-hybridized carbons (Fsp3) is 1.00. The molecule has 0 spiro atoms. The molecule has 0 aromatic rings. The molecule has 0 amide bonds. The Balaban J connectivity index is 3.93. The summed E-state index contributed by atoms with van der Waals surface area (Å²) >= 11 is 0. The Kier molecular flexibility index (Phi) is 8.34. The molecule has 0 aliphatic rings. The van der Waals surface area contributed by atoms with Crippen molar-refractivity contribution >= 4 is 7.75 Å². The average molecular weight is 237 g/mol. The summed E-state index contributed by atoms with van der Waals surface area (Å²) in [6.45, 7) is 5.01. The minimum Gasteiger partial charge on any atom is -0.300 e. The van der Waals surface area contributed by atoms with Crippen LogP contribution in [0.2, 0.25) is 0 Å². The normalized spacial score (nSPS) is 14.1. The molecule has 0 rings (SSSR count). The van der Waals surface area contributed by atoms with Crippen LogP contribution in [0, 0.1) is 5.92 Å². The van der Waals surface area contributed by atoms with Crippen molar-refractivity contribution in [1.82, 2.24) is 5.09 Å².